The molecule has 2 aliphatic heterocycles. The SMILES string of the molecule is COc1cccc2c1OCC(C(=O)N1CCNCC1C)=C2.Cl. The number of piperazine rings is 1. The smallest absolute Gasteiger partial charge is 0.253 e. The highest BCUT2D eigenvalue weighted by Crippen LogP contribution is 2.35. The molecule has 2 aliphatic rings. The lowest BCUT2D eigenvalue weighted by atomic mass is 10.0. The number of nitrogens with zero attached hydrogens (tertiary/aromatic N) is 1. The van der Waals surface area contributed by atoms with Crippen LogP contribution in [0.25, 0.3) is 6.08 Å². The maximum Gasteiger partial charge on any atom is 0.253 e. The second-order valence-corrected chi connectivity index (χ2v) is 5.39. The van der Waals surface area contributed by atoms with Gasteiger partial charge in [-0.25, -0.2) is 0 Å². The van der Waals surface area contributed by atoms with E-state index < -0.39 is 0 Å². The quantitative estimate of drug-likeness (QED) is 0.900. The average Bonchev–Trinajstić information content (AvgIpc) is 2.53. The summed E-state index contributed by atoms with van der Waals surface area (Å²) < 4.78 is 11.0. The van der Waals surface area contributed by atoms with Crippen molar-refractivity contribution in [3.8, 4) is 11.5 Å². The first-order valence-electron chi connectivity index (χ1n) is 7.22. The Morgan fingerprint density at radius 2 is 2.27 bits per heavy atom. The zero-order valence-electron chi connectivity index (χ0n) is 12.8. The molecule has 1 aromatic carbocycles. The Kier molecular flexibility index (Phi) is 5.32. The van der Waals surface area contributed by atoms with Crippen molar-refractivity contribution in [2.75, 3.05) is 33.4 Å². The van der Waals surface area contributed by atoms with E-state index in [2.05, 4.69) is 12.2 Å². The number of fused-ring (bicyclic) bond motifs is 1. The molecule has 0 spiro atoms. The predicted octanol–water partition coefficient (Wildman–Crippen LogP) is 1.71. The van der Waals surface area contributed by atoms with Gasteiger partial charge in [-0.15, -0.1) is 12.4 Å². The molecule has 5 nitrogen and oxygen atoms in total. The number of carbonyl (C=O) groups excluding carboxylic acids is 1. The molecule has 22 heavy (non-hydrogen) atoms. The second kappa shape index (κ2) is 7.03. The van der Waals surface area contributed by atoms with E-state index >= 15 is 0 Å². The van der Waals surface area contributed by atoms with Crippen molar-refractivity contribution >= 4 is 24.4 Å². The lowest BCUT2D eigenvalue weighted by Crippen LogP contribution is -2.53. The van der Waals surface area contributed by atoms with E-state index in [4.69, 9.17) is 9.47 Å². The average molecular weight is 325 g/mol. The number of methoxy groups -OCH3 is 1. The Morgan fingerprint density at radius 1 is 1.45 bits per heavy atom. The van der Waals surface area contributed by atoms with E-state index in [0.29, 0.717) is 23.7 Å². The van der Waals surface area contributed by atoms with E-state index in [1.54, 1.807) is 7.11 Å². The number of benzene rings is 1. The molecule has 3 rings (SSSR count). The van der Waals surface area contributed by atoms with Gasteiger partial charge in [0.2, 0.25) is 0 Å². The van der Waals surface area contributed by atoms with Crippen LogP contribution >= 0.6 is 12.4 Å². The third kappa shape index (κ3) is 3.05. The Hall–Kier alpha value is -1.72. The molecule has 1 amide bonds. The minimum Gasteiger partial charge on any atom is -0.493 e. The Morgan fingerprint density at radius 3 is 3.00 bits per heavy atom. The molecule has 0 radical (unpaired) electrons. The molecule has 0 bridgehead atoms. The number of para-hydroxylation sites is 1. The number of hydrogen-bond donors (Lipinski definition) is 1. The molecule has 1 saturated heterocycles. The van der Waals surface area contributed by atoms with Gasteiger partial charge in [-0.05, 0) is 19.1 Å². The van der Waals surface area contributed by atoms with Gasteiger partial charge in [-0.3, -0.25) is 4.79 Å². The van der Waals surface area contributed by atoms with Crippen LogP contribution in [-0.2, 0) is 4.79 Å². The van der Waals surface area contributed by atoms with E-state index in [-0.39, 0.29) is 24.4 Å². The molecule has 2 heterocycles. The van der Waals surface area contributed by atoms with E-state index in [9.17, 15) is 4.79 Å². The van der Waals surface area contributed by atoms with Crippen LogP contribution in [0.4, 0.5) is 0 Å². The van der Waals surface area contributed by atoms with Gasteiger partial charge in [-0.1, -0.05) is 12.1 Å². The van der Waals surface area contributed by atoms with Crippen LogP contribution < -0.4 is 14.8 Å². The molecule has 0 aliphatic carbocycles. The van der Waals surface area contributed by atoms with Crippen molar-refractivity contribution in [1.82, 2.24) is 10.2 Å². The number of carbonyl (C=O) groups is 1. The topological polar surface area (TPSA) is 50.8 Å². The highest BCUT2D eigenvalue weighted by Gasteiger charge is 2.28. The summed E-state index contributed by atoms with van der Waals surface area (Å²) in [5.74, 6) is 1.48. The van der Waals surface area contributed by atoms with Gasteiger partial charge in [0.25, 0.3) is 5.91 Å². The molecular weight excluding hydrogens is 304 g/mol. The molecule has 1 N–H and O–H groups in total. The molecule has 0 aromatic heterocycles. The van der Waals surface area contributed by atoms with Crippen LogP contribution in [0.2, 0.25) is 0 Å². The van der Waals surface area contributed by atoms with Crippen LogP contribution in [0.3, 0.4) is 0 Å². The number of ether oxygens (including phenoxy) is 2. The van der Waals surface area contributed by atoms with Crippen LogP contribution in [-0.4, -0.2) is 50.2 Å². The van der Waals surface area contributed by atoms with Crippen molar-refractivity contribution in [1.29, 1.82) is 0 Å². The van der Waals surface area contributed by atoms with Gasteiger partial charge in [0.15, 0.2) is 11.5 Å². The van der Waals surface area contributed by atoms with Crippen molar-refractivity contribution in [3.63, 3.8) is 0 Å². The van der Waals surface area contributed by atoms with Crippen molar-refractivity contribution in [3.05, 3.63) is 29.3 Å². The third-order valence-electron chi connectivity index (χ3n) is 3.97. The molecule has 0 saturated carbocycles. The fraction of sp³-hybridized carbons (Fsp3) is 0.438. The zero-order chi connectivity index (χ0) is 14.8. The van der Waals surface area contributed by atoms with Crippen LogP contribution in [0.5, 0.6) is 11.5 Å². The molecule has 1 atom stereocenters. The maximum atomic E-state index is 12.6. The third-order valence-corrected chi connectivity index (χ3v) is 3.97. The minimum atomic E-state index is 0. The lowest BCUT2D eigenvalue weighted by molar-refractivity contribution is -0.130. The fourth-order valence-corrected chi connectivity index (χ4v) is 2.79. The normalized spacial score (nSPS) is 20.2. The Labute approximate surface area is 136 Å². The number of nitrogens with one attached hydrogen (secondary N) is 1. The molecule has 120 valence electrons. The summed E-state index contributed by atoms with van der Waals surface area (Å²) in [6.45, 7) is 4.77. The summed E-state index contributed by atoms with van der Waals surface area (Å²) >= 11 is 0. The van der Waals surface area contributed by atoms with Gasteiger partial charge < -0.3 is 19.7 Å². The summed E-state index contributed by atoms with van der Waals surface area (Å²) in [6, 6.07) is 5.90. The van der Waals surface area contributed by atoms with E-state index in [0.717, 1.165) is 25.2 Å². The molecule has 1 unspecified atom stereocenters. The second-order valence-electron chi connectivity index (χ2n) is 5.39. The van der Waals surface area contributed by atoms with Gasteiger partial charge in [0, 0.05) is 31.2 Å². The molecular formula is C16H21ClN2O3. The number of halogens is 1. The monoisotopic (exact) mass is 324 g/mol. The van der Waals surface area contributed by atoms with Gasteiger partial charge >= 0.3 is 0 Å². The number of rotatable bonds is 2. The summed E-state index contributed by atoms with van der Waals surface area (Å²) in [7, 11) is 1.62. The van der Waals surface area contributed by atoms with Crippen LogP contribution in [0.15, 0.2) is 23.8 Å². The largest absolute Gasteiger partial charge is 0.493 e. The van der Waals surface area contributed by atoms with Crippen LogP contribution in [0.1, 0.15) is 12.5 Å². The Balaban J connectivity index is 0.00000176. The van der Waals surface area contributed by atoms with E-state index in [1.165, 1.54) is 0 Å². The number of amides is 1. The van der Waals surface area contributed by atoms with Crippen molar-refractivity contribution in [2.45, 2.75) is 13.0 Å². The first-order valence-corrected chi connectivity index (χ1v) is 7.22. The fourth-order valence-electron chi connectivity index (χ4n) is 2.79. The predicted molar refractivity (Wildman–Crippen MR) is 87.8 cm³/mol. The summed E-state index contributed by atoms with van der Waals surface area (Å²) in [6.07, 6.45) is 1.92. The highest BCUT2D eigenvalue weighted by atomic mass is 35.5. The van der Waals surface area contributed by atoms with Crippen molar-refractivity contribution in [2.24, 2.45) is 0 Å². The standard InChI is InChI=1S/C16H20N2O3.ClH/c1-11-9-17-6-7-18(11)16(19)13-8-12-4-3-5-14(20-2)15(12)21-10-13;/h3-5,8,11,17H,6-7,9-10H2,1-2H3;1H. The summed E-state index contributed by atoms with van der Waals surface area (Å²) in [4.78, 5) is 14.6. The first-order chi connectivity index (χ1) is 10.2. The number of hydrogen-bond acceptors (Lipinski definition) is 4. The highest BCUT2D eigenvalue weighted by molar-refractivity contribution is 5.99. The Bertz CT molecular complexity index is 589. The zero-order valence-corrected chi connectivity index (χ0v) is 13.6. The molecule has 1 aromatic rings. The van der Waals surface area contributed by atoms with Crippen LogP contribution in [0, 0.1) is 0 Å². The summed E-state index contributed by atoms with van der Waals surface area (Å²) in [5, 5.41) is 3.29. The maximum absolute atomic E-state index is 12.6. The molecule has 6 heteroatoms. The van der Waals surface area contributed by atoms with Gasteiger partial charge in [0.05, 0.1) is 12.7 Å². The van der Waals surface area contributed by atoms with Gasteiger partial charge in [0.1, 0.15) is 6.61 Å². The summed E-state index contributed by atoms with van der Waals surface area (Å²) in [5.41, 5.74) is 1.59. The minimum absolute atomic E-state index is 0. The van der Waals surface area contributed by atoms with Crippen molar-refractivity contribution < 1.29 is 14.3 Å². The van der Waals surface area contributed by atoms with Gasteiger partial charge in [-0.2, -0.15) is 0 Å². The van der Waals surface area contributed by atoms with E-state index in [1.807, 2.05) is 29.2 Å². The first kappa shape index (κ1) is 16.6. The molecule has 1 fully saturated rings. The lowest BCUT2D eigenvalue weighted by Gasteiger charge is -2.35.